The minimum absolute atomic E-state index is 0.196. The number of benzene rings is 1. The summed E-state index contributed by atoms with van der Waals surface area (Å²) in [4.78, 5) is 13.9. The molecule has 1 saturated heterocycles. The smallest absolute Gasteiger partial charge is 0.0976 e. The third-order valence-electron chi connectivity index (χ3n) is 6.97. The van der Waals surface area contributed by atoms with Crippen molar-refractivity contribution in [3.63, 3.8) is 0 Å². The number of rotatable bonds is 4. The molecule has 0 aliphatic carbocycles. The molecule has 6 rings (SSSR count). The second-order valence-electron chi connectivity index (χ2n) is 8.95. The van der Waals surface area contributed by atoms with Crippen molar-refractivity contribution < 1.29 is 4.74 Å². The summed E-state index contributed by atoms with van der Waals surface area (Å²) in [5, 5.41) is 1.09. The fraction of sp³-hybridized carbons (Fsp3) is 0.296. The first-order valence-electron chi connectivity index (χ1n) is 11.6. The molecule has 0 unspecified atom stereocenters. The first kappa shape index (κ1) is 20.1. The van der Waals surface area contributed by atoms with Crippen LogP contribution in [0.5, 0.6) is 0 Å². The van der Waals surface area contributed by atoms with Gasteiger partial charge in [-0.2, -0.15) is 0 Å². The molecule has 1 aliphatic heterocycles. The minimum Gasteiger partial charge on any atom is -0.381 e. The van der Waals surface area contributed by atoms with Crippen molar-refractivity contribution in [1.82, 2.24) is 24.1 Å². The summed E-state index contributed by atoms with van der Waals surface area (Å²) in [6.07, 6.45) is 9.75. The van der Waals surface area contributed by atoms with Gasteiger partial charge in [0, 0.05) is 49.8 Å². The van der Waals surface area contributed by atoms with Crippen molar-refractivity contribution in [2.75, 3.05) is 13.2 Å². The van der Waals surface area contributed by atoms with Crippen LogP contribution in [-0.2, 0) is 11.8 Å². The van der Waals surface area contributed by atoms with Gasteiger partial charge in [0.2, 0.25) is 0 Å². The zero-order valence-corrected chi connectivity index (χ0v) is 19.0. The molecule has 0 radical (unpaired) electrons. The lowest BCUT2D eigenvalue weighted by Crippen LogP contribution is -2.26. The fourth-order valence-corrected chi connectivity index (χ4v) is 5.46. The van der Waals surface area contributed by atoms with Crippen LogP contribution in [0.15, 0.2) is 67.4 Å². The van der Waals surface area contributed by atoms with E-state index in [4.69, 9.17) is 9.72 Å². The topological polar surface area (TPSA) is 57.8 Å². The van der Waals surface area contributed by atoms with E-state index in [1.807, 2.05) is 38.9 Å². The van der Waals surface area contributed by atoms with Gasteiger partial charge in [-0.1, -0.05) is 30.3 Å². The average Bonchev–Trinajstić information content (AvgIpc) is 3.37. The van der Waals surface area contributed by atoms with Crippen molar-refractivity contribution in [2.45, 2.75) is 25.8 Å². The van der Waals surface area contributed by atoms with Gasteiger partial charge in [-0.25, -0.2) is 4.98 Å². The molecule has 0 N–H and O–H groups in total. The summed E-state index contributed by atoms with van der Waals surface area (Å²) in [6, 6.07) is 15.5. The molecule has 1 atom stereocenters. The molecule has 5 heterocycles. The van der Waals surface area contributed by atoms with Crippen molar-refractivity contribution in [3.05, 3.63) is 78.6 Å². The molecule has 6 nitrogen and oxygen atoms in total. The molecule has 4 aromatic heterocycles. The third-order valence-corrected chi connectivity index (χ3v) is 6.97. The molecule has 166 valence electrons. The highest BCUT2D eigenvalue weighted by atomic mass is 16.5. The molecule has 1 fully saturated rings. The van der Waals surface area contributed by atoms with Crippen LogP contribution in [0.1, 0.15) is 30.1 Å². The number of hydrogen-bond donors (Lipinski definition) is 0. The van der Waals surface area contributed by atoms with Gasteiger partial charge >= 0.3 is 0 Å². The molecule has 0 bridgehead atoms. The summed E-state index contributed by atoms with van der Waals surface area (Å²) in [6.45, 7) is 3.67. The van der Waals surface area contributed by atoms with E-state index in [-0.39, 0.29) is 6.04 Å². The van der Waals surface area contributed by atoms with Crippen LogP contribution in [0, 0.1) is 12.8 Å². The molecule has 5 aromatic rings. The zero-order chi connectivity index (χ0) is 22.4. The van der Waals surface area contributed by atoms with E-state index < -0.39 is 0 Å². The van der Waals surface area contributed by atoms with E-state index >= 15 is 0 Å². The summed E-state index contributed by atoms with van der Waals surface area (Å²) < 4.78 is 10.3. The third kappa shape index (κ3) is 3.33. The van der Waals surface area contributed by atoms with Crippen molar-refractivity contribution in [1.29, 1.82) is 0 Å². The van der Waals surface area contributed by atoms with Crippen molar-refractivity contribution >= 4 is 21.9 Å². The molecular weight excluding hydrogens is 410 g/mol. The zero-order valence-electron chi connectivity index (χ0n) is 19.0. The van der Waals surface area contributed by atoms with Crippen LogP contribution in [-0.4, -0.2) is 37.3 Å². The molecular formula is C27H27N5O. The normalized spacial score (nSPS) is 15.9. The van der Waals surface area contributed by atoms with Crippen LogP contribution in [0.2, 0.25) is 0 Å². The van der Waals surface area contributed by atoms with Gasteiger partial charge in [0.1, 0.15) is 0 Å². The van der Waals surface area contributed by atoms with Crippen LogP contribution in [0.25, 0.3) is 33.2 Å². The number of aromatic nitrogens is 5. The van der Waals surface area contributed by atoms with Gasteiger partial charge in [-0.05, 0) is 43.4 Å². The Bertz CT molecular complexity index is 1410. The minimum atomic E-state index is 0.196. The first-order valence-corrected chi connectivity index (χ1v) is 11.6. The maximum atomic E-state index is 5.73. The lowest BCUT2D eigenvalue weighted by Gasteiger charge is -2.33. The highest BCUT2D eigenvalue weighted by Gasteiger charge is 2.30. The van der Waals surface area contributed by atoms with E-state index in [9.17, 15) is 0 Å². The second kappa shape index (κ2) is 8.12. The standard InChI is InChI=1S/C27H27N5O/c1-18-26(31(2)17-30-18)21-14-24-25(29-15-21)22-16-28-11-8-23(22)32(24)27(19-6-4-3-5-7-19)20-9-12-33-13-10-20/h3-8,11,14-17,20,27H,9-10,12-13H2,1-2H3/t27-/m1/s1. The van der Waals surface area contributed by atoms with Crippen molar-refractivity contribution in [2.24, 2.45) is 13.0 Å². The Morgan fingerprint density at radius 2 is 1.82 bits per heavy atom. The Morgan fingerprint density at radius 3 is 2.58 bits per heavy atom. The lowest BCUT2D eigenvalue weighted by molar-refractivity contribution is 0.0553. The first-order chi connectivity index (χ1) is 16.2. The van der Waals surface area contributed by atoms with Gasteiger partial charge in [0.15, 0.2) is 0 Å². The van der Waals surface area contributed by atoms with Gasteiger partial charge in [0.05, 0.1) is 40.3 Å². The van der Waals surface area contributed by atoms with Crippen LogP contribution < -0.4 is 0 Å². The number of nitrogens with zero attached hydrogens (tertiary/aromatic N) is 5. The van der Waals surface area contributed by atoms with Crippen LogP contribution >= 0.6 is 0 Å². The Balaban J connectivity index is 1.65. The fourth-order valence-electron chi connectivity index (χ4n) is 5.46. The molecule has 1 aliphatic rings. The summed E-state index contributed by atoms with van der Waals surface area (Å²) >= 11 is 0. The van der Waals surface area contributed by atoms with E-state index in [1.54, 1.807) is 0 Å². The Kier molecular flexibility index (Phi) is 4.95. The number of ether oxygens (including phenoxy) is 1. The molecule has 1 aromatic carbocycles. The maximum absolute atomic E-state index is 5.73. The average molecular weight is 438 g/mol. The highest BCUT2D eigenvalue weighted by molar-refractivity contribution is 6.06. The van der Waals surface area contributed by atoms with Gasteiger partial charge in [0.25, 0.3) is 0 Å². The number of hydrogen-bond acceptors (Lipinski definition) is 4. The molecule has 6 heteroatoms. The van der Waals surface area contributed by atoms with E-state index in [2.05, 4.69) is 61.6 Å². The maximum Gasteiger partial charge on any atom is 0.0976 e. The second-order valence-corrected chi connectivity index (χ2v) is 8.95. The molecule has 0 saturated carbocycles. The van der Waals surface area contributed by atoms with E-state index in [0.717, 1.165) is 59.4 Å². The largest absolute Gasteiger partial charge is 0.381 e. The van der Waals surface area contributed by atoms with Gasteiger partial charge < -0.3 is 13.9 Å². The lowest BCUT2D eigenvalue weighted by atomic mass is 9.86. The number of pyridine rings is 2. The van der Waals surface area contributed by atoms with Gasteiger partial charge in [-0.15, -0.1) is 0 Å². The van der Waals surface area contributed by atoms with Gasteiger partial charge in [-0.3, -0.25) is 9.97 Å². The number of aryl methyl sites for hydroxylation is 2. The number of imidazole rings is 1. The summed E-state index contributed by atoms with van der Waals surface area (Å²) in [5.74, 6) is 0.482. The number of fused-ring (bicyclic) bond motifs is 3. The predicted molar refractivity (Wildman–Crippen MR) is 130 cm³/mol. The Morgan fingerprint density at radius 1 is 1.00 bits per heavy atom. The van der Waals surface area contributed by atoms with Crippen molar-refractivity contribution in [3.8, 4) is 11.3 Å². The van der Waals surface area contributed by atoms with E-state index in [1.165, 1.54) is 11.1 Å². The quantitative estimate of drug-likeness (QED) is 0.382. The monoisotopic (exact) mass is 437 g/mol. The Hall–Kier alpha value is -3.51. The molecule has 0 spiro atoms. The predicted octanol–water partition coefficient (Wildman–Crippen LogP) is 5.31. The Labute approximate surface area is 192 Å². The molecule has 33 heavy (non-hydrogen) atoms. The highest BCUT2D eigenvalue weighted by Crippen LogP contribution is 2.40. The van der Waals surface area contributed by atoms with Crippen LogP contribution in [0.3, 0.4) is 0 Å². The summed E-state index contributed by atoms with van der Waals surface area (Å²) in [5.41, 5.74) is 7.81. The van der Waals surface area contributed by atoms with E-state index in [0.29, 0.717) is 5.92 Å². The SMILES string of the molecule is Cc1ncn(C)c1-c1cnc2c3cnccc3n([C@H](c3ccccc3)C3CCOCC3)c2c1. The van der Waals surface area contributed by atoms with Crippen LogP contribution in [0.4, 0.5) is 0 Å². The molecule has 0 amide bonds. The summed E-state index contributed by atoms with van der Waals surface area (Å²) in [7, 11) is 2.04.